The molecule has 0 aliphatic rings. The second-order valence-corrected chi connectivity index (χ2v) is 6.41. The number of methoxy groups -OCH3 is 1. The van der Waals surface area contributed by atoms with Crippen LogP contribution in [0, 0.1) is 0 Å². The van der Waals surface area contributed by atoms with Gasteiger partial charge in [0.1, 0.15) is 11.3 Å². The summed E-state index contributed by atoms with van der Waals surface area (Å²) < 4.78 is 10.3. The molecule has 0 fully saturated rings. The Morgan fingerprint density at radius 1 is 1.27 bits per heavy atom. The van der Waals surface area contributed by atoms with Gasteiger partial charge < -0.3 is 19.3 Å². The van der Waals surface area contributed by atoms with Gasteiger partial charge in [-0.1, -0.05) is 5.16 Å². The molecule has 0 saturated carbocycles. The summed E-state index contributed by atoms with van der Waals surface area (Å²) >= 11 is 0. The number of rotatable bonds is 8. The Bertz CT molecular complexity index is 767. The molecule has 1 aromatic carbocycles. The quantitative estimate of drug-likeness (QED) is 0.769. The van der Waals surface area contributed by atoms with Crippen molar-refractivity contribution in [3.05, 3.63) is 30.2 Å². The number of likely N-dealkylation sites (N-methyl/N-ethyl adjacent to an activating group) is 1. The highest BCUT2D eigenvalue weighted by Gasteiger charge is 2.34. The zero-order valence-corrected chi connectivity index (χ0v) is 15.4. The van der Waals surface area contributed by atoms with Gasteiger partial charge in [-0.05, 0) is 44.5 Å². The Hall–Kier alpha value is -2.90. The topological polar surface area (TPSA) is 106 Å². The number of carbonyl (C=O) groups is 2. The molecule has 0 atom stereocenters. The van der Waals surface area contributed by atoms with Gasteiger partial charge in [0, 0.05) is 25.5 Å². The number of aryl methyl sites for hydroxylation is 1. The Labute approximate surface area is 151 Å². The highest BCUT2D eigenvalue weighted by molar-refractivity contribution is 5.86. The van der Waals surface area contributed by atoms with E-state index < -0.39 is 11.5 Å². The standard InChI is InChI=1S/C18H23N3O5/c1-18(2,17(23)24)21(3)15(22)7-5-6-14-19-16(20-26-14)12-8-10-13(25-4)11-9-12/h8-11H,5-7H2,1-4H3,(H,23,24). The smallest absolute Gasteiger partial charge is 0.329 e. The van der Waals surface area contributed by atoms with Crippen molar-refractivity contribution in [1.82, 2.24) is 15.0 Å². The first-order chi connectivity index (χ1) is 12.3. The normalized spacial score (nSPS) is 11.2. The van der Waals surface area contributed by atoms with Crippen molar-refractivity contribution in [3.8, 4) is 17.1 Å². The van der Waals surface area contributed by atoms with Gasteiger partial charge in [-0.25, -0.2) is 4.79 Å². The number of ether oxygens (including phenoxy) is 1. The molecule has 8 nitrogen and oxygen atoms in total. The lowest BCUT2D eigenvalue weighted by molar-refractivity contribution is -0.155. The number of carboxylic acids is 1. The van der Waals surface area contributed by atoms with E-state index in [0.29, 0.717) is 24.6 Å². The van der Waals surface area contributed by atoms with Crippen LogP contribution in [0.4, 0.5) is 0 Å². The maximum atomic E-state index is 12.2. The molecule has 1 aromatic heterocycles. The first kappa shape index (κ1) is 19.4. The number of carboxylic acid groups (broad SMARTS) is 1. The summed E-state index contributed by atoms with van der Waals surface area (Å²) in [5, 5.41) is 13.1. The van der Waals surface area contributed by atoms with Crippen LogP contribution in [0.25, 0.3) is 11.4 Å². The van der Waals surface area contributed by atoms with E-state index in [4.69, 9.17) is 9.26 Å². The fraction of sp³-hybridized carbons (Fsp3) is 0.444. The summed E-state index contributed by atoms with van der Waals surface area (Å²) in [6.45, 7) is 2.98. The van der Waals surface area contributed by atoms with E-state index in [-0.39, 0.29) is 12.3 Å². The number of benzene rings is 1. The first-order valence-electron chi connectivity index (χ1n) is 8.22. The number of carbonyl (C=O) groups excluding carboxylic acids is 1. The average molecular weight is 361 g/mol. The molecule has 1 heterocycles. The van der Waals surface area contributed by atoms with E-state index in [1.54, 1.807) is 7.11 Å². The Morgan fingerprint density at radius 3 is 2.50 bits per heavy atom. The van der Waals surface area contributed by atoms with Crippen LogP contribution < -0.4 is 4.74 Å². The van der Waals surface area contributed by atoms with Crippen LogP contribution >= 0.6 is 0 Å². The molecule has 8 heteroatoms. The number of amides is 1. The van der Waals surface area contributed by atoms with Crippen molar-refractivity contribution < 1.29 is 24.0 Å². The summed E-state index contributed by atoms with van der Waals surface area (Å²) in [5.41, 5.74) is -0.442. The molecule has 26 heavy (non-hydrogen) atoms. The minimum absolute atomic E-state index is 0.202. The van der Waals surface area contributed by atoms with Crippen molar-refractivity contribution in [1.29, 1.82) is 0 Å². The SMILES string of the molecule is COc1ccc(-c2noc(CCCC(=O)N(C)C(C)(C)C(=O)O)n2)cc1. The minimum Gasteiger partial charge on any atom is -0.497 e. The number of hydrogen-bond acceptors (Lipinski definition) is 6. The lowest BCUT2D eigenvalue weighted by Crippen LogP contribution is -2.50. The van der Waals surface area contributed by atoms with Gasteiger partial charge in [0.05, 0.1) is 7.11 Å². The van der Waals surface area contributed by atoms with Crippen LogP contribution in [0.1, 0.15) is 32.6 Å². The van der Waals surface area contributed by atoms with Crippen LogP contribution in [0.2, 0.25) is 0 Å². The summed E-state index contributed by atoms with van der Waals surface area (Å²) in [4.78, 5) is 28.9. The summed E-state index contributed by atoms with van der Waals surface area (Å²) in [5.74, 6) is 0.355. The number of aliphatic carboxylic acids is 1. The van der Waals surface area contributed by atoms with E-state index in [0.717, 1.165) is 11.3 Å². The van der Waals surface area contributed by atoms with E-state index >= 15 is 0 Å². The number of aromatic nitrogens is 2. The fourth-order valence-corrected chi connectivity index (χ4v) is 2.23. The zero-order chi connectivity index (χ0) is 19.3. The highest BCUT2D eigenvalue weighted by Crippen LogP contribution is 2.20. The summed E-state index contributed by atoms with van der Waals surface area (Å²) in [6, 6.07) is 7.29. The molecule has 1 N–H and O–H groups in total. The average Bonchev–Trinajstić information content (AvgIpc) is 3.09. The van der Waals surface area contributed by atoms with E-state index in [9.17, 15) is 14.7 Å². The van der Waals surface area contributed by atoms with Crippen molar-refractivity contribution in [2.45, 2.75) is 38.6 Å². The monoisotopic (exact) mass is 361 g/mol. The van der Waals surface area contributed by atoms with Crippen molar-refractivity contribution in [2.75, 3.05) is 14.2 Å². The molecule has 0 unspecified atom stereocenters. The molecule has 0 bridgehead atoms. The van der Waals surface area contributed by atoms with Crippen LogP contribution in [0.3, 0.4) is 0 Å². The minimum atomic E-state index is -1.25. The lowest BCUT2D eigenvalue weighted by atomic mass is 10.0. The van der Waals surface area contributed by atoms with Gasteiger partial charge >= 0.3 is 5.97 Å². The third kappa shape index (κ3) is 4.38. The maximum absolute atomic E-state index is 12.2. The van der Waals surface area contributed by atoms with Gasteiger partial charge in [-0.15, -0.1) is 0 Å². The first-order valence-corrected chi connectivity index (χ1v) is 8.22. The molecule has 0 aliphatic heterocycles. The molecule has 140 valence electrons. The third-order valence-electron chi connectivity index (χ3n) is 4.33. The van der Waals surface area contributed by atoms with Gasteiger partial charge in [-0.3, -0.25) is 4.79 Å². The van der Waals surface area contributed by atoms with E-state index in [2.05, 4.69) is 10.1 Å². The summed E-state index contributed by atoms with van der Waals surface area (Å²) in [7, 11) is 3.09. The molecular weight excluding hydrogens is 338 g/mol. The van der Waals surface area contributed by atoms with Crippen molar-refractivity contribution in [2.24, 2.45) is 0 Å². The maximum Gasteiger partial charge on any atom is 0.329 e. The molecular formula is C18H23N3O5. The van der Waals surface area contributed by atoms with Crippen LogP contribution in [0.5, 0.6) is 5.75 Å². The van der Waals surface area contributed by atoms with Gasteiger partial charge in [-0.2, -0.15) is 4.98 Å². The molecule has 2 aromatic rings. The van der Waals surface area contributed by atoms with E-state index in [1.165, 1.54) is 25.8 Å². The van der Waals surface area contributed by atoms with Crippen LogP contribution in [0.15, 0.2) is 28.8 Å². The van der Waals surface area contributed by atoms with Gasteiger partial charge in [0.2, 0.25) is 17.6 Å². The predicted molar refractivity (Wildman–Crippen MR) is 93.7 cm³/mol. The predicted octanol–water partition coefficient (Wildman–Crippen LogP) is 2.39. The fourth-order valence-electron chi connectivity index (χ4n) is 2.23. The largest absolute Gasteiger partial charge is 0.497 e. The molecule has 0 aliphatic carbocycles. The van der Waals surface area contributed by atoms with E-state index in [1.807, 2.05) is 24.3 Å². The number of nitrogens with zero attached hydrogens (tertiary/aromatic N) is 3. The summed E-state index contributed by atoms with van der Waals surface area (Å²) in [6.07, 6.45) is 1.13. The molecule has 0 saturated heterocycles. The number of hydrogen-bond donors (Lipinski definition) is 1. The van der Waals surface area contributed by atoms with Gasteiger partial charge in [0.25, 0.3) is 0 Å². The molecule has 0 spiro atoms. The Balaban J connectivity index is 1.89. The molecule has 2 rings (SSSR count). The van der Waals surface area contributed by atoms with Crippen LogP contribution in [-0.2, 0) is 16.0 Å². The highest BCUT2D eigenvalue weighted by atomic mass is 16.5. The molecule has 0 radical (unpaired) electrons. The van der Waals surface area contributed by atoms with Crippen molar-refractivity contribution in [3.63, 3.8) is 0 Å². The Morgan fingerprint density at radius 2 is 1.92 bits per heavy atom. The third-order valence-corrected chi connectivity index (χ3v) is 4.33. The Kier molecular flexibility index (Phi) is 5.97. The van der Waals surface area contributed by atoms with Crippen molar-refractivity contribution >= 4 is 11.9 Å². The zero-order valence-electron chi connectivity index (χ0n) is 15.4. The van der Waals surface area contributed by atoms with Crippen LogP contribution in [-0.4, -0.2) is 51.7 Å². The second kappa shape index (κ2) is 7.99. The van der Waals surface area contributed by atoms with Gasteiger partial charge in [0.15, 0.2) is 0 Å². The second-order valence-electron chi connectivity index (χ2n) is 6.41. The lowest BCUT2D eigenvalue weighted by Gasteiger charge is -2.31. The molecule has 1 amide bonds.